The summed E-state index contributed by atoms with van der Waals surface area (Å²) in [6.07, 6.45) is -2.11. The van der Waals surface area contributed by atoms with E-state index in [0.29, 0.717) is 0 Å². The topological polar surface area (TPSA) is 76.2 Å². The van der Waals surface area contributed by atoms with Gasteiger partial charge in [0.25, 0.3) is 6.43 Å². The van der Waals surface area contributed by atoms with E-state index >= 15 is 0 Å². The minimum atomic E-state index is -3.00. The molecule has 0 saturated carbocycles. The smallest absolute Gasteiger partial charge is 0.340 e. The number of nitrogens with two attached hydrogens (primary N) is 1. The molecule has 0 atom stereocenters. The first-order valence-electron chi connectivity index (χ1n) is 3.40. The van der Waals surface area contributed by atoms with E-state index in [0.717, 1.165) is 6.20 Å². The van der Waals surface area contributed by atoms with Gasteiger partial charge in [-0.3, -0.25) is 0 Å². The van der Waals surface area contributed by atoms with Crippen molar-refractivity contribution < 1.29 is 18.7 Å². The lowest BCUT2D eigenvalue weighted by Gasteiger charge is -2.08. The van der Waals surface area contributed by atoms with Crippen LogP contribution in [0.25, 0.3) is 0 Å². The summed E-state index contributed by atoms with van der Waals surface area (Å²) in [4.78, 5) is 14.0. The van der Waals surface area contributed by atoms with Gasteiger partial charge in [0.1, 0.15) is 11.4 Å². The molecule has 4 nitrogen and oxygen atoms in total. The van der Waals surface area contributed by atoms with E-state index in [2.05, 4.69) is 4.98 Å². The van der Waals surface area contributed by atoms with Crippen molar-refractivity contribution >= 4 is 23.4 Å². The quantitative estimate of drug-likeness (QED) is 0.802. The maximum Gasteiger partial charge on any atom is 0.340 e. The standard InChI is InChI=1S/C7H5ClF2N2O2/c8-2-1-12-6(11)4(7(13)14)3(2)5(9)10/h1,5H,(H2,11,12)(H,13,14). The molecule has 0 unspecified atom stereocenters. The number of nitrogen functional groups attached to an aromatic ring is 1. The van der Waals surface area contributed by atoms with Gasteiger partial charge in [-0.05, 0) is 0 Å². The molecule has 3 N–H and O–H groups in total. The predicted octanol–water partition coefficient (Wildman–Crippen LogP) is 1.95. The molecule has 1 heterocycles. The highest BCUT2D eigenvalue weighted by Crippen LogP contribution is 2.31. The van der Waals surface area contributed by atoms with Gasteiger partial charge in [0.05, 0.1) is 10.6 Å². The summed E-state index contributed by atoms with van der Waals surface area (Å²) >= 11 is 5.38. The fraction of sp³-hybridized carbons (Fsp3) is 0.143. The van der Waals surface area contributed by atoms with Crippen LogP contribution in [0.5, 0.6) is 0 Å². The third-order valence-corrected chi connectivity index (χ3v) is 1.83. The SMILES string of the molecule is Nc1ncc(Cl)c(C(F)F)c1C(=O)O. The third kappa shape index (κ3) is 1.74. The normalized spacial score (nSPS) is 10.6. The van der Waals surface area contributed by atoms with Crippen LogP contribution in [0.2, 0.25) is 5.02 Å². The average Bonchev–Trinajstić information content (AvgIpc) is 2.07. The van der Waals surface area contributed by atoms with Crippen molar-refractivity contribution in [2.75, 3.05) is 5.73 Å². The van der Waals surface area contributed by atoms with Crippen LogP contribution >= 0.6 is 11.6 Å². The Labute approximate surface area is 82.3 Å². The molecule has 0 fully saturated rings. The minimum absolute atomic E-state index is 0.411. The average molecular weight is 223 g/mol. The van der Waals surface area contributed by atoms with Crippen LogP contribution < -0.4 is 5.73 Å². The number of carboxylic acids is 1. The molecule has 0 bridgehead atoms. The van der Waals surface area contributed by atoms with Crippen molar-refractivity contribution in [1.29, 1.82) is 0 Å². The summed E-state index contributed by atoms with van der Waals surface area (Å²) in [5.74, 6) is -2.05. The molecule has 76 valence electrons. The second-order valence-electron chi connectivity index (χ2n) is 2.39. The van der Waals surface area contributed by atoms with Crippen molar-refractivity contribution in [3.8, 4) is 0 Å². The lowest BCUT2D eigenvalue weighted by Crippen LogP contribution is -2.09. The summed E-state index contributed by atoms with van der Waals surface area (Å²) < 4.78 is 24.8. The summed E-state index contributed by atoms with van der Waals surface area (Å²) in [7, 11) is 0. The van der Waals surface area contributed by atoms with Crippen LogP contribution in [-0.4, -0.2) is 16.1 Å². The molecule has 0 aliphatic carbocycles. The molecule has 1 rings (SSSR count). The van der Waals surface area contributed by atoms with Gasteiger partial charge in [-0.25, -0.2) is 18.6 Å². The Morgan fingerprint density at radius 2 is 2.21 bits per heavy atom. The lowest BCUT2D eigenvalue weighted by molar-refractivity contribution is 0.0685. The molecule has 0 aliphatic rings. The zero-order valence-corrected chi connectivity index (χ0v) is 7.42. The highest BCUT2D eigenvalue weighted by molar-refractivity contribution is 6.31. The van der Waals surface area contributed by atoms with Gasteiger partial charge in [0.15, 0.2) is 0 Å². The van der Waals surface area contributed by atoms with Gasteiger partial charge in [-0.2, -0.15) is 0 Å². The maximum atomic E-state index is 12.4. The number of hydrogen-bond donors (Lipinski definition) is 2. The predicted molar refractivity (Wildman–Crippen MR) is 45.6 cm³/mol. The van der Waals surface area contributed by atoms with Crippen molar-refractivity contribution in [3.63, 3.8) is 0 Å². The van der Waals surface area contributed by atoms with Crippen LogP contribution in [-0.2, 0) is 0 Å². The lowest BCUT2D eigenvalue weighted by atomic mass is 10.1. The number of nitrogens with zero attached hydrogens (tertiary/aromatic N) is 1. The van der Waals surface area contributed by atoms with Gasteiger partial charge in [-0.15, -0.1) is 0 Å². The number of aromatic carboxylic acids is 1. The first-order valence-corrected chi connectivity index (χ1v) is 3.78. The van der Waals surface area contributed by atoms with Gasteiger partial charge in [0.2, 0.25) is 0 Å². The molecule has 0 spiro atoms. The Morgan fingerprint density at radius 3 is 2.57 bits per heavy atom. The molecule has 0 aliphatic heterocycles. The Hall–Kier alpha value is -1.43. The first-order chi connectivity index (χ1) is 6.45. The second kappa shape index (κ2) is 3.75. The van der Waals surface area contributed by atoms with E-state index in [9.17, 15) is 13.6 Å². The van der Waals surface area contributed by atoms with Crippen molar-refractivity contribution in [1.82, 2.24) is 4.98 Å². The molecule has 1 aromatic heterocycles. The largest absolute Gasteiger partial charge is 0.478 e. The Kier molecular flexibility index (Phi) is 2.85. The van der Waals surface area contributed by atoms with Gasteiger partial charge >= 0.3 is 5.97 Å². The molecule has 7 heteroatoms. The fourth-order valence-corrected chi connectivity index (χ4v) is 1.18. The van der Waals surface area contributed by atoms with Crippen LogP contribution in [0.1, 0.15) is 22.3 Å². The molecular formula is C7H5ClF2N2O2. The number of rotatable bonds is 2. The summed E-state index contributed by atoms with van der Waals surface area (Å²) in [5, 5.41) is 8.20. The molecule has 1 aromatic rings. The van der Waals surface area contributed by atoms with E-state index in [1.807, 2.05) is 0 Å². The van der Waals surface area contributed by atoms with E-state index < -0.39 is 34.4 Å². The van der Waals surface area contributed by atoms with E-state index in [-0.39, 0.29) is 0 Å². The molecule has 14 heavy (non-hydrogen) atoms. The first kappa shape index (κ1) is 10.6. The fourth-order valence-electron chi connectivity index (χ4n) is 0.956. The van der Waals surface area contributed by atoms with E-state index in [1.54, 1.807) is 0 Å². The molecule has 0 radical (unpaired) electrons. The Bertz CT molecular complexity index is 384. The van der Waals surface area contributed by atoms with Crippen molar-refractivity contribution in [3.05, 3.63) is 22.3 Å². The number of carbonyl (C=O) groups is 1. The molecular weight excluding hydrogens is 218 g/mol. The number of pyridine rings is 1. The molecule has 0 saturated heterocycles. The third-order valence-electron chi connectivity index (χ3n) is 1.53. The summed E-state index contributed by atoms with van der Waals surface area (Å²) in [6, 6.07) is 0. The minimum Gasteiger partial charge on any atom is -0.478 e. The van der Waals surface area contributed by atoms with Crippen molar-refractivity contribution in [2.45, 2.75) is 6.43 Å². The highest BCUT2D eigenvalue weighted by atomic mass is 35.5. The zero-order valence-electron chi connectivity index (χ0n) is 6.67. The number of anilines is 1. The monoisotopic (exact) mass is 222 g/mol. The summed E-state index contributed by atoms with van der Waals surface area (Å²) in [6.45, 7) is 0. The second-order valence-corrected chi connectivity index (χ2v) is 2.79. The number of halogens is 3. The van der Waals surface area contributed by atoms with Gasteiger partial charge in [0, 0.05) is 6.20 Å². The molecule has 0 aromatic carbocycles. The van der Waals surface area contributed by atoms with Gasteiger partial charge in [-0.1, -0.05) is 11.6 Å². The number of alkyl halides is 2. The number of hydrogen-bond acceptors (Lipinski definition) is 3. The highest BCUT2D eigenvalue weighted by Gasteiger charge is 2.24. The van der Waals surface area contributed by atoms with Crippen LogP contribution in [0.3, 0.4) is 0 Å². The van der Waals surface area contributed by atoms with Crippen LogP contribution in [0, 0.1) is 0 Å². The van der Waals surface area contributed by atoms with Crippen LogP contribution in [0.4, 0.5) is 14.6 Å². The van der Waals surface area contributed by atoms with E-state index in [4.69, 9.17) is 22.4 Å². The molecule has 0 amide bonds. The zero-order chi connectivity index (χ0) is 10.9. The van der Waals surface area contributed by atoms with E-state index in [1.165, 1.54) is 0 Å². The Balaban J connectivity index is 3.50. The maximum absolute atomic E-state index is 12.4. The van der Waals surface area contributed by atoms with Crippen LogP contribution in [0.15, 0.2) is 6.20 Å². The number of carboxylic acid groups (broad SMARTS) is 1. The number of aromatic nitrogens is 1. The Morgan fingerprint density at radius 1 is 1.64 bits per heavy atom. The van der Waals surface area contributed by atoms with Gasteiger partial charge < -0.3 is 10.8 Å². The summed E-state index contributed by atoms with van der Waals surface area (Å²) in [5.41, 5.74) is 3.60. The van der Waals surface area contributed by atoms with Crippen molar-refractivity contribution in [2.24, 2.45) is 0 Å².